The van der Waals surface area contributed by atoms with E-state index in [9.17, 15) is 4.79 Å². The number of para-hydroxylation sites is 1. The lowest BCUT2D eigenvalue weighted by Gasteiger charge is -2.13. The van der Waals surface area contributed by atoms with Crippen LogP contribution in [0.1, 0.15) is 18.1 Å². The van der Waals surface area contributed by atoms with E-state index >= 15 is 0 Å². The zero-order valence-corrected chi connectivity index (χ0v) is 15.2. The molecule has 0 unspecified atom stereocenters. The fraction of sp³-hybridized carbons (Fsp3) is 0.222. The molecule has 0 aromatic heterocycles. The molecule has 0 saturated carbocycles. The van der Waals surface area contributed by atoms with Gasteiger partial charge in [0, 0.05) is 11.4 Å². The Morgan fingerprint density at radius 3 is 2.50 bits per heavy atom. The fourth-order valence-electron chi connectivity index (χ4n) is 2.10. The van der Waals surface area contributed by atoms with Gasteiger partial charge in [-0.15, -0.1) is 11.8 Å². The summed E-state index contributed by atoms with van der Waals surface area (Å²) in [4.78, 5) is 11.8. The average Bonchev–Trinajstić information content (AvgIpc) is 2.61. The molecule has 2 rings (SSSR count). The maximum absolute atomic E-state index is 11.8. The third kappa shape index (κ3) is 6.22. The molecule has 4 nitrogen and oxygen atoms in total. The highest BCUT2D eigenvalue weighted by Crippen LogP contribution is 2.15. The average molecular weight is 360 g/mol. The molecule has 0 saturated heterocycles. The SMILES string of the molecule is CCc1ccccc1NC(=S)NNC(=O)CSCc1ccccc1. The lowest BCUT2D eigenvalue weighted by molar-refractivity contribution is -0.119. The molecular formula is C18H21N3OS2. The van der Waals surface area contributed by atoms with Crippen molar-refractivity contribution >= 4 is 40.7 Å². The highest BCUT2D eigenvalue weighted by atomic mass is 32.2. The molecule has 0 atom stereocenters. The predicted octanol–water partition coefficient (Wildman–Crippen LogP) is 3.50. The lowest BCUT2D eigenvalue weighted by atomic mass is 10.1. The second-order valence-corrected chi connectivity index (χ2v) is 6.51. The first kappa shape index (κ1) is 18.3. The fourth-order valence-corrected chi connectivity index (χ4v) is 3.05. The number of rotatable bonds is 6. The number of anilines is 1. The Balaban J connectivity index is 1.68. The van der Waals surface area contributed by atoms with E-state index in [2.05, 4.69) is 23.1 Å². The Labute approximate surface area is 152 Å². The van der Waals surface area contributed by atoms with Gasteiger partial charge in [0.15, 0.2) is 5.11 Å². The maximum Gasteiger partial charge on any atom is 0.248 e. The molecule has 0 radical (unpaired) electrons. The van der Waals surface area contributed by atoms with E-state index in [4.69, 9.17) is 12.2 Å². The van der Waals surface area contributed by atoms with Gasteiger partial charge in [-0.2, -0.15) is 0 Å². The molecule has 0 heterocycles. The number of aryl methyl sites for hydroxylation is 1. The van der Waals surface area contributed by atoms with Gasteiger partial charge in [-0.05, 0) is 35.8 Å². The minimum absolute atomic E-state index is 0.108. The van der Waals surface area contributed by atoms with Crippen LogP contribution in [-0.4, -0.2) is 16.8 Å². The van der Waals surface area contributed by atoms with E-state index in [-0.39, 0.29) is 5.91 Å². The van der Waals surface area contributed by atoms with Crippen molar-refractivity contribution in [1.29, 1.82) is 0 Å². The van der Waals surface area contributed by atoms with Crippen LogP contribution in [-0.2, 0) is 17.0 Å². The van der Waals surface area contributed by atoms with Crippen LogP contribution >= 0.6 is 24.0 Å². The highest BCUT2D eigenvalue weighted by molar-refractivity contribution is 7.99. The molecule has 126 valence electrons. The third-order valence-corrected chi connectivity index (χ3v) is 4.51. The topological polar surface area (TPSA) is 53.2 Å². The van der Waals surface area contributed by atoms with Crippen LogP contribution in [0, 0.1) is 0 Å². The lowest BCUT2D eigenvalue weighted by Crippen LogP contribution is -2.44. The summed E-state index contributed by atoms with van der Waals surface area (Å²) in [5.74, 6) is 1.07. The Morgan fingerprint density at radius 2 is 1.75 bits per heavy atom. The van der Waals surface area contributed by atoms with Crippen LogP contribution in [0.3, 0.4) is 0 Å². The number of benzene rings is 2. The summed E-state index contributed by atoms with van der Waals surface area (Å²) in [7, 11) is 0. The zero-order valence-electron chi connectivity index (χ0n) is 13.5. The molecule has 0 aliphatic heterocycles. The largest absolute Gasteiger partial charge is 0.331 e. The van der Waals surface area contributed by atoms with Crippen molar-refractivity contribution in [3.63, 3.8) is 0 Å². The minimum atomic E-state index is -0.108. The quantitative estimate of drug-likeness (QED) is 0.544. The first-order chi connectivity index (χ1) is 11.7. The number of thioether (sulfide) groups is 1. The molecule has 3 N–H and O–H groups in total. The third-order valence-electron chi connectivity index (χ3n) is 3.31. The van der Waals surface area contributed by atoms with Crippen LogP contribution in [0.15, 0.2) is 54.6 Å². The summed E-state index contributed by atoms with van der Waals surface area (Å²) < 4.78 is 0. The number of hydrogen-bond donors (Lipinski definition) is 3. The predicted molar refractivity (Wildman–Crippen MR) is 106 cm³/mol. The van der Waals surface area contributed by atoms with Crippen LogP contribution in [0.5, 0.6) is 0 Å². The van der Waals surface area contributed by atoms with E-state index in [0.29, 0.717) is 10.9 Å². The molecule has 0 bridgehead atoms. The minimum Gasteiger partial charge on any atom is -0.331 e. The van der Waals surface area contributed by atoms with Crippen molar-refractivity contribution in [2.75, 3.05) is 11.1 Å². The van der Waals surface area contributed by atoms with Crippen molar-refractivity contribution < 1.29 is 4.79 Å². The second-order valence-electron chi connectivity index (χ2n) is 5.12. The summed E-state index contributed by atoms with van der Waals surface area (Å²) in [5, 5.41) is 3.47. The van der Waals surface area contributed by atoms with Crippen molar-refractivity contribution in [2.24, 2.45) is 0 Å². The van der Waals surface area contributed by atoms with Crippen LogP contribution < -0.4 is 16.2 Å². The number of carbonyl (C=O) groups is 1. The van der Waals surface area contributed by atoms with E-state index in [1.165, 1.54) is 11.1 Å². The van der Waals surface area contributed by atoms with E-state index in [1.54, 1.807) is 11.8 Å². The number of hydrogen-bond acceptors (Lipinski definition) is 3. The summed E-state index contributed by atoms with van der Waals surface area (Å²) in [6, 6.07) is 18.0. The van der Waals surface area contributed by atoms with Gasteiger partial charge in [0.25, 0.3) is 0 Å². The maximum atomic E-state index is 11.8. The Kier molecular flexibility index (Phi) is 7.58. The molecule has 0 aliphatic rings. The standard InChI is InChI=1S/C18H21N3OS2/c1-2-15-10-6-7-11-16(15)19-18(23)21-20-17(22)13-24-12-14-8-4-3-5-9-14/h3-11H,2,12-13H2,1H3,(H,20,22)(H2,19,21,23). The van der Waals surface area contributed by atoms with Gasteiger partial charge in [-0.3, -0.25) is 15.6 Å². The number of amides is 1. The molecule has 0 aliphatic carbocycles. The van der Waals surface area contributed by atoms with Crippen molar-refractivity contribution in [2.45, 2.75) is 19.1 Å². The molecule has 1 amide bonds. The number of hydrazine groups is 1. The van der Waals surface area contributed by atoms with Gasteiger partial charge in [0.1, 0.15) is 0 Å². The van der Waals surface area contributed by atoms with Crippen LogP contribution in [0.25, 0.3) is 0 Å². The molecule has 6 heteroatoms. The second kappa shape index (κ2) is 9.95. The smallest absolute Gasteiger partial charge is 0.248 e. The van der Waals surface area contributed by atoms with Gasteiger partial charge >= 0.3 is 0 Å². The zero-order chi connectivity index (χ0) is 17.2. The Bertz CT molecular complexity index is 677. The number of carbonyl (C=O) groups excluding carboxylic acids is 1. The summed E-state index contributed by atoms with van der Waals surface area (Å²) in [6.45, 7) is 2.09. The van der Waals surface area contributed by atoms with Gasteiger partial charge in [0.05, 0.1) is 5.75 Å². The van der Waals surface area contributed by atoms with E-state index in [1.807, 2.05) is 54.6 Å². The first-order valence-corrected chi connectivity index (χ1v) is 9.30. The molecule has 24 heavy (non-hydrogen) atoms. The summed E-state index contributed by atoms with van der Waals surface area (Å²) in [5.41, 5.74) is 8.68. The van der Waals surface area contributed by atoms with Crippen molar-refractivity contribution in [1.82, 2.24) is 10.9 Å². The summed E-state index contributed by atoms with van der Waals surface area (Å²) in [6.07, 6.45) is 0.911. The molecule has 0 spiro atoms. The molecule has 2 aromatic carbocycles. The monoisotopic (exact) mass is 359 g/mol. The van der Waals surface area contributed by atoms with Crippen molar-refractivity contribution in [3.8, 4) is 0 Å². The number of thiocarbonyl (C=S) groups is 1. The highest BCUT2D eigenvalue weighted by Gasteiger charge is 2.05. The van der Waals surface area contributed by atoms with Gasteiger partial charge in [-0.25, -0.2) is 0 Å². The van der Waals surface area contributed by atoms with Crippen LogP contribution in [0.4, 0.5) is 5.69 Å². The van der Waals surface area contributed by atoms with Crippen molar-refractivity contribution in [3.05, 3.63) is 65.7 Å². The Hall–Kier alpha value is -2.05. The molecule has 0 fully saturated rings. The van der Waals surface area contributed by atoms with Gasteiger partial charge < -0.3 is 5.32 Å². The van der Waals surface area contributed by atoms with Gasteiger partial charge in [0.2, 0.25) is 5.91 Å². The Morgan fingerprint density at radius 1 is 1.04 bits per heavy atom. The van der Waals surface area contributed by atoms with E-state index in [0.717, 1.165) is 17.9 Å². The normalized spacial score (nSPS) is 10.0. The molecule has 2 aromatic rings. The van der Waals surface area contributed by atoms with E-state index < -0.39 is 0 Å². The molecular weight excluding hydrogens is 338 g/mol. The number of nitrogens with one attached hydrogen (secondary N) is 3. The van der Waals surface area contributed by atoms with Crippen LogP contribution in [0.2, 0.25) is 0 Å². The first-order valence-electron chi connectivity index (χ1n) is 7.74. The summed E-state index contributed by atoms with van der Waals surface area (Å²) >= 11 is 6.77. The van der Waals surface area contributed by atoms with Gasteiger partial charge in [-0.1, -0.05) is 55.5 Å².